The van der Waals surface area contributed by atoms with Gasteiger partial charge >= 0.3 is 6.18 Å². The molecule has 1 aliphatic heterocycles. The van der Waals surface area contributed by atoms with Gasteiger partial charge in [-0.05, 0) is 71.4 Å². The summed E-state index contributed by atoms with van der Waals surface area (Å²) in [5.41, 5.74) is 0.338. The first-order valence-electron chi connectivity index (χ1n) is 11.4. The number of carbonyl (C=O) groups excluding carboxylic acids is 3. The molecule has 0 spiro atoms. The Morgan fingerprint density at radius 3 is 2.50 bits per heavy atom. The predicted octanol–water partition coefficient (Wildman–Crippen LogP) is 7.38. The summed E-state index contributed by atoms with van der Waals surface area (Å²) in [6.45, 7) is -0.416. The number of nitrogens with zero attached hydrogens (tertiary/aromatic N) is 1. The fourth-order valence-electron chi connectivity index (χ4n) is 3.57. The Balaban J connectivity index is 1.45. The molecular weight excluding hydrogens is 637 g/mol. The quantitative estimate of drug-likeness (QED) is 0.255. The zero-order valence-corrected chi connectivity index (χ0v) is 23.7. The van der Waals surface area contributed by atoms with E-state index in [1.54, 1.807) is 24.3 Å². The van der Waals surface area contributed by atoms with E-state index in [0.717, 1.165) is 23.8 Å². The molecule has 3 aromatic rings. The van der Waals surface area contributed by atoms with Gasteiger partial charge in [-0.2, -0.15) is 13.2 Å². The lowest BCUT2D eigenvalue weighted by Crippen LogP contribution is -2.36. The maximum atomic E-state index is 12.9. The van der Waals surface area contributed by atoms with Crippen molar-refractivity contribution < 1.29 is 37.0 Å². The van der Waals surface area contributed by atoms with Crippen molar-refractivity contribution in [3.05, 3.63) is 91.8 Å². The first-order chi connectivity index (χ1) is 18.9. The Morgan fingerprint density at radius 1 is 1.10 bits per heavy atom. The Bertz CT molecular complexity index is 1500. The number of alkyl halides is 3. The Morgan fingerprint density at radius 2 is 1.82 bits per heavy atom. The minimum Gasteiger partial charge on any atom is -0.493 e. The minimum atomic E-state index is -4.59. The van der Waals surface area contributed by atoms with Crippen molar-refractivity contribution in [3.63, 3.8) is 0 Å². The van der Waals surface area contributed by atoms with Gasteiger partial charge in [-0.3, -0.25) is 19.3 Å². The van der Waals surface area contributed by atoms with Crippen LogP contribution in [0.25, 0.3) is 6.08 Å². The molecule has 0 atom stereocenters. The summed E-state index contributed by atoms with van der Waals surface area (Å²) in [4.78, 5) is 38.6. The van der Waals surface area contributed by atoms with Crippen molar-refractivity contribution in [1.82, 2.24) is 4.90 Å². The first-order valence-corrected chi connectivity index (χ1v) is 13.4. The van der Waals surface area contributed by atoms with Gasteiger partial charge in [-0.1, -0.05) is 45.7 Å². The van der Waals surface area contributed by atoms with Crippen molar-refractivity contribution in [3.8, 4) is 11.5 Å². The van der Waals surface area contributed by atoms with E-state index in [1.807, 2.05) is 12.1 Å². The molecule has 1 aliphatic rings. The topological polar surface area (TPSA) is 84.9 Å². The number of benzene rings is 3. The Hall–Kier alpha value is -3.48. The number of imide groups is 1. The van der Waals surface area contributed by atoms with Crippen molar-refractivity contribution in [1.29, 1.82) is 0 Å². The van der Waals surface area contributed by atoms with Crippen LogP contribution in [0.3, 0.4) is 0 Å². The molecule has 208 valence electrons. The third-order valence-corrected chi connectivity index (χ3v) is 7.37. The van der Waals surface area contributed by atoms with Crippen LogP contribution in [0.2, 0.25) is 5.02 Å². The van der Waals surface area contributed by atoms with E-state index in [2.05, 4.69) is 21.2 Å². The van der Waals surface area contributed by atoms with E-state index in [0.29, 0.717) is 43.2 Å². The predicted molar refractivity (Wildman–Crippen MR) is 149 cm³/mol. The molecule has 0 radical (unpaired) electrons. The molecule has 0 unspecified atom stereocenters. The molecular formula is C27H19BrClF3N2O5S. The van der Waals surface area contributed by atoms with E-state index in [9.17, 15) is 27.6 Å². The van der Waals surface area contributed by atoms with E-state index < -0.39 is 35.3 Å². The highest BCUT2D eigenvalue weighted by molar-refractivity contribution is 9.10. The van der Waals surface area contributed by atoms with Crippen molar-refractivity contribution in [2.24, 2.45) is 0 Å². The number of rotatable bonds is 8. The Labute approximate surface area is 244 Å². The molecule has 4 rings (SSSR count). The number of ether oxygens (including phenoxy) is 2. The van der Waals surface area contributed by atoms with E-state index in [4.69, 9.17) is 21.1 Å². The van der Waals surface area contributed by atoms with E-state index in [-0.39, 0.29) is 17.2 Å². The third-order valence-electron chi connectivity index (χ3n) is 5.53. The summed E-state index contributed by atoms with van der Waals surface area (Å²) >= 11 is 9.98. The highest BCUT2D eigenvalue weighted by atomic mass is 79.9. The van der Waals surface area contributed by atoms with Gasteiger partial charge in [0, 0.05) is 15.2 Å². The molecule has 1 saturated heterocycles. The van der Waals surface area contributed by atoms with Gasteiger partial charge in [0.15, 0.2) is 11.5 Å². The highest BCUT2D eigenvalue weighted by Gasteiger charge is 2.37. The molecule has 1 fully saturated rings. The number of methoxy groups -OCH3 is 1. The lowest BCUT2D eigenvalue weighted by atomic mass is 10.1. The zero-order valence-electron chi connectivity index (χ0n) is 20.6. The normalized spacial score (nSPS) is 14.6. The van der Waals surface area contributed by atoms with Crippen LogP contribution in [0.1, 0.15) is 16.7 Å². The molecule has 3 amide bonds. The molecule has 0 aromatic heterocycles. The van der Waals surface area contributed by atoms with Crippen LogP contribution in [-0.4, -0.2) is 35.6 Å². The van der Waals surface area contributed by atoms with E-state index in [1.165, 1.54) is 19.3 Å². The standard InChI is InChI=1S/C27H19BrClF3N2O5S/c1-38-21-9-16(20(28)12-22(21)39-14-15-5-7-18(29)8-6-15)10-23-25(36)34(26(37)40-23)13-24(35)33-19-4-2-3-17(11-19)27(30,31)32/h2-12H,13-14H2,1H3,(H,33,35)/b23-10-. The van der Waals surface area contributed by atoms with Gasteiger partial charge in [0.05, 0.1) is 17.6 Å². The summed E-state index contributed by atoms with van der Waals surface area (Å²) < 4.78 is 50.7. The molecule has 40 heavy (non-hydrogen) atoms. The largest absolute Gasteiger partial charge is 0.493 e. The van der Waals surface area contributed by atoms with Crippen LogP contribution in [0.4, 0.5) is 23.7 Å². The fourth-order valence-corrected chi connectivity index (χ4v) is 4.96. The van der Waals surface area contributed by atoms with E-state index >= 15 is 0 Å². The summed E-state index contributed by atoms with van der Waals surface area (Å²) in [7, 11) is 1.46. The number of anilines is 1. The average molecular weight is 656 g/mol. The van der Waals surface area contributed by atoms with Crippen molar-refractivity contribution in [2.45, 2.75) is 12.8 Å². The van der Waals surface area contributed by atoms with Crippen LogP contribution in [-0.2, 0) is 22.4 Å². The van der Waals surface area contributed by atoms with Gasteiger partial charge in [0.1, 0.15) is 13.2 Å². The van der Waals surface area contributed by atoms with Crippen LogP contribution in [0.15, 0.2) is 70.0 Å². The van der Waals surface area contributed by atoms with Crippen LogP contribution in [0.5, 0.6) is 11.5 Å². The number of hydrogen-bond acceptors (Lipinski definition) is 6. The maximum Gasteiger partial charge on any atom is 0.416 e. The smallest absolute Gasteiger partial charge is 0.416 e. The molecule has 0 saturated carbocycles. The number of halogens is 5. The molecule has 0 aliphatic carbocycles. The monoisotopic (exact) mass is 654 g/mol. The molecule has 0 bridgehead atoms. The lowest BCUT2D eigenvalue weighted by molar-refractivity contribution is -0.137. The summed E-state index contributed by atoms with van der Waals surface area (Å²) in [6.07, 6.45) is -3.12. The average Bonchev–Trinajstić information content (AvgIpc) is 3.16. The van der Waals surface area contributed by atoms with Gasteiger partial charge in [-0.25, -0.2) is 0 Å². The fraction of sp³-hybridized carbons (Fsp3) is 0.148. The van der Waals surface area contributed by atoms with Gasteiger partial charge in [0.2, 0.25) is 5.91 Å². The van der Waals surface area contributed by atoms with Gasteiger partial charge in [0.25, 0.3) is 11.1 Å². The lowest BCUT2D eigenvalue weighted by Gasteiger charge is -2.14. The zero-order chi connectivity index (χ0) is 29.0. The second-order valence-electron chi connectivity index (χ2n) is 8.33. The highest BCUT2D eigenvalue weighted by Crippen LogP contribution is 2.38. The molecule has 13 heteroatoms. The molecule has 7 nitrogen and oxygen atoms in total. The van der Waals surface area contributed by atoms with Crippen molar-refractivity contribution >= 4 is 68.1 Å². The molecule has 1 N–H and O–H groups in total. The van der Waals surface area contributed by atoms with Crippen LogP contribution in [0, 0.1) is 0 Å². The van der Waals surface area contributed by atoms with Gasteiger partial charge < -0.3 is 14.8 Å². The number of carbonyl (C=O) groups is 3. The second kappa shape index (κ2) is 12.4. The molecule has 1 heterocycles. The van der Waals surface area contributed by atoms with Crippen LogP contribution < -0.4 is 14.8 Å². The molecule has 3 aromatic carbocycles. The Kier molecular flexibility index (Phi) is 9.12. The number of nitrogens with one attached hydrogen (secondary N) is 1. The summed E-state index contributed by atoms with van der Waals surface area (Å²) in [6, 6.07) is 14.5. The summed E-state index contributed by atoms with van der Waals surface area (Å²) in [5, 5.41) is 2.20. The maximum absolute atomic E-state index is 12.9. The number of hydrogen-bond donors (Lipinski definition) is 1. The SMILES string of the molecule is COc1cc(/C=C2\SC(=O)N(CC(=O)Nc3cccc(C(F)(F)F)c3)C2=O)c(Br)cc1OCc1ccc(Cl)cc1. The minimum absolute atomic E-state index is 0.0504. The first kappa shape index (κ1) is 29.5. The van der Waals surface area contributed by atoms with Gasteiger partial charge in [-0.15, -0.1) is 0 Å². The van der Waals surface area contributed by atoms with Crippen LogP contribution >= 0.6 is 39.3 Å². The number of amides is 3. The second-order valence-corrected chi connectivity index (χ2v) is 10.6. The van der Waals surface area contributed by atoms with Crippen molar-refractivity contribution in [2.75, 3.05) is 19.0 Å². The third kappa shape index (κ3) is 7.18. The summed E-state index contributed by atoms with van der Waals surface area (Å²) in [5.74, 6) is -0.736. The number of thioether (sulfide) groups is 1.